The molecule has 2 N–H and O–H groups in total. The number of hydrogen-bond acceptors (Lipinski definition) is 3. The van der Waals surface area contributed by atoms with E-state index in [1.807, 2.05) is 6.07 Å². The van der Waals surface area contributed by atoms with Crippen molar-refractivity contribution in [1.29, 1.82) is 0 Å². The first-order valence-electron chi connectivity index (χ1n) is 11.6. The molecule has 1 saturated heterocycles. The lowest BCUT2D eigenvalue weighted by atomic mass is 9.88. The van der Waals surface area contributed by atoms with Crippen molar-refractivity contribution < 1.29 is 9.53 Å². The van der Waals surface area contributed by atoms with Crippen molar-refractivity contribution >= 4 is 11.9 Å². The van der Waals surface area contributed by atoms with Crippen molar-refractivity contribution in [2.24, 2.45) is 10.9 Å². The van der Waals surface area contributed by atoms with Crippen LogP contribution in [0, 0.1) is 5.92 Å². The summed E-state index contributed by atoms with van der Waals surface area (Å²) in [6, 6.07) is 10.7. The molecule has 1 aromatic rings. The molecule has 30 heavy (non-hydrogen) atoms. The van der Waals surface area contributed by atoms with Gasteiger partial charge < -0.3 is 20.3 Å². The zero-order valence-corrected chi connectivity index (χ0v) is 18.4. The van der Waals surface area contributed by atoms with Gasteiger partial charge >= 0.3 is 0 Å². The highest BCUT2D eigenvalue weighted by Gasteiger charge is 2.31. The highest BCUT2D eigenvalue weighted by Crippen LogP contribution is 2.26. The van der Waals surface area contributed by atoms with E-state index in [9.17, 15) is 4.79 Å². The monoisotopic (exact) mass is 414 g/mol. The molecule has 6 nitrogen and oxygen atoms in total. The van der Waals surface area contributed by atoms with E-state index in [2.05, 4.69) is 44.8 Å². The molecule has 1 amide bonds. The molecule has 2 fully saturated rings. The van der Waals surface area contributed by atoms with E-state index >= 15 is 0 Å². The minimum atomic E-state index is 0.261. The summed E-state index contributed by atoms with van der Waals surface area (Å²) in [5, 5.41) is 6.85. The number of nitrogens with zero attached hydrogens (tertiary/aromatic N) is 2. The minimum absolute atomic E-state index is 0.261. The molecule has 1 aromatic carbocycles. The molecular formula is C24H38N4O2. The molecule has 166 valence electrons. The third-order valence-corrected chi connectivity index (χ3v) is 6.15. The van der Waals surface area contributed by atoms with Gasteiger partial charge in [0.25, 0.3) is 0 Å². The fraction of sp³-hybridized carbons (Fsp3) is 0.667. The maximum atomic E-state index is 12.7. The van der Waals surface area contributed by atoms with Gasteiger partial charge in [-0.15, -0.1) is 0 Å². The topological polar surface area (TPSA) is 66.0 Å². The van der Waals surface area contributed by atoms with Crippen molar-refractivity contribution in [2.45, 2.75) is 57.4 Å². The van der Waals surface area contributed by atoms with Crippen LogP contribution in [0.15, 0.2) is 35.3 Å². The van der Waals surface area contributed by atoms with Crippen LogP contribution in [0.25, 0.3) is 0 Å². The maximum Gasteiger partial charge on any atom is 0.225 e. The number of carbonyl (C=O) groups excluding carboxylic acids is 1. The lowest BCUT2D eigenvalue weighted by Gasteiger charge is -2.26. The second-order valence-corrected chi connectivity index (χ2v) is 8.45. The Morgan fingerprint density at radius 1 is 1.13 bits per heavy atom. The van der Waals surface area contributed by atoms with Gasteiger partial charge in [0.05, 0.1) is 6.61 Å². The summed E-state index contributed by atoms with van der Waals surface area (Å²) in [4.78, 5) is 19.1. The van der Waals surface area contributed by atoms with Crippen LogP contribution < -0.4 is 10.6 Å². The summed E-state index contributed by atoms with van der Waals surface area (Å²) in [7, 11) is 1.80. The van der Waals surface area contributed by atoms with Crippen molar-refractivity contribution in [1.82, 2.24) is 15.5 Å². The van der Waals surface area contributed by atoms with Crippen molar-refractivity contribution in [3.8, 4) is 0 Å². The smallest absolute Gasteiger partial charge is 0.225 e. The summed E-state index contributed by atoms with van der Waals surface area (Å²) in [5.41, 5.74) is 1.31. The fourth-order valence-corrected chi connectivity index (χ4v) is 4.39. The van der Waals surface area contributed by atoms with Gasteiger partial charge in [0.2, 0.25) is 5.91 Å². The first kappa shape index (κ1) is 22.6. The molecule has 3 rings (SSSR count). The van der Waals surface area contributed by atoms with Crippen LogP contribution in [0.5, 0.6) is 0 Å². The van der Waals surface area contributed by atoms with E-state index in [4.69, 9.17) is 4.74 Å². The van der Waals surface area contributed by atoms with Gasteiger partial charge in [-0.3, -0.25) is 9.79 Å². The lowest BCUT2D eigenvalue weighted by Crippen LogP contribution is -2.45. The molecule has 0 bridgehead atoms. The summed E-state index contributed by atoms with van der Waals surface area (Å²) >= 11 is 0. The van der Waals surface area contributed by atoms with Gasteiger partial charge in [-0.2, -0.15) is 0 Å². The Morgan fingerprint density at radius 2 is 1.93 bits per heavy atom. The van der Waals surface area contributed by atoms with Gasteiger partial charge in [0, 0.05) is 45.2 Å². The second kappa shape index (κ2) is 12.6. The number of rotatable bonds is 9. The molecule has 2 aliphatic rings. The van der Waals surface area contributed by atoms with Crippen molar-refractivity contribution in [2.75, 3.05) is 39.9 Å². The molecule has 1 atom stereocenters. The van der Waals surface area contributed by atoms with E-state index in [1.165, 1.54) is 24.8 Å². The van der Waals surface area contributed by atoms with Gasteiger partial charge in [0.1, 0.15) is 0 Å². The van der Waals surface area contributed by atoms with E-state index < -0.39 is 0 Å². The summed E-state index contributed by atoms with van der Waals surface area (Å²) in [6.07, 6.45) is 8.72. The number of ether oxygens (including phenoxy) is 1. The molecule has 6 heteroatoms. The van der Waals surface area contributed by atoms with Crippen LogP contribution in [-0.4, -0.2) is 62.7 Å². The number of carbonyl (C=O) groups is 1. The molecule has 0 radical (unpaired) electrons. The third kappa shape index (κ3) is 7.31. The minimum Gasteiger partial charge on any atom is -0.381 e. The Balaban J connectivity index is 1.26. The quantitative estimate of drug-likeness (QED) is 0.370. The van der Waals surface area contributed by atoms with Crippen LogP contribution in [0.1, 0.15) is 50.5 Å². The number of hydrogen-bond donors (Lipinski definition) is 2. The van der Waals surface area contributed by atoms with Crippen LogP contribution in [-0.2, 0) is 16.0 Å². The Bertz CT molecular complexity index is 658. The van der Waals surface area contributed by atoms with Gasteiger partial charge in [-0.05, 0) is 37.7 Å². The van der Waals surface area contributed by atoms with E-state index in [0.717, 1.165) is 70.9 Å². The third-order valence-electron chi connectivity index (χ3n) is 6.15. The highest BCUT2D eigenvalue weighted by molar-refractivity contribution is 5.81. The van der Waals surface area contributed by atoms with Crippen LogP contribution in [0.4, 0.5) is 0 Å². The van der Waals surface area contributed by atoms with Crippen molar-refractivity contribution in [3.63, 3.8) is 0 Å². The predicted octanol–water partition coefficient (Wildman–Crippen LogP) is 2.98. The molecule has 1 aliphatic carbocycles. The van der Waals surface area contributed by atoms with Crippen LogP contribution in [0.2, 0.25) is 0 Å². The first-order valence-corrected chi connectivity index (χ1v) is 11.6. The predicted molar refractivity (Wildman–Crippen MR) is 122 cm³/mol. The van der Waals surface area contributed by atoms with Crippen LogP contribution >= 0.6 is 0 Å². The van der Waals surface area contributed by atoms with Gasteiger partial charge in [0.15, 0.2) is 5.96 Å². The highest BCUT2D eigenvalue weighted by atomic mass is 16.5. The zero-order valence-electron chi connectivity index (χ0n) is 18.4. The number of aliphatic imine (C=N–C) groups is 1. The molecule has 1 aliphatic heterocycles. The molecular weight excluding hydrogens is 376 g/mol. The SMILES string of the molecule is CN=C(NCCCOCCc1ccccc1)NC1CCN(C(=O)C2CCCCC2)C1. The van der Waals surface area contributed by atoms with Crippen molar-refractivity contribution in [3.05, 3.63) is 35.9 Å². The Hall–Kier alpha value is -2.08. The molecule has 0 spiro atoms. The van der Waals surface area contributed by atoms with Gasteiger partial charge in [-0.1, -0.05) is 49.6 Å². The Kier molecular flexibility index (Phi) is 9.48. The first-order chi connectivity index (χ1) is 14.8. The summed E-state index contributed by atoms with van der Waals surface area (Å²) < 4.78 is 5.74. The lowest BCUT2D eigenvalue weighted by molar-refractivity contribution is -0.135. The Labute approximate surface area is 181 Å². The number of nitrogens with one attached hydrogen (secondary N) is 2. The Morgan fingerprint density at radius 3 is 2.70 bits per heavy atom. The zero-order chi connectivity index (χ0) is 21.0. The average molecular weight is 415 g/mol. The number of likely N-dealkylation sites (tertiary alicyclic amines) is 1. The van der Waals surface area contributed by atoms with E-state index in [-0.39, 0.29) is 12.0 Å². The summed E-state index contributed by atoms with van der Waals surface area (Å²) in [5.74, 6) is 1.45. The van der Waals surface area contributed by atoms with Gasteiger partial charge in [-0.25, -0.2) is 0 Å². The fourth-order valence-electron chi connectivity index (χ4n) is 4.39. The number of guanidine groups is 1. The number of amides is 1. The summed E-state index contributed by atoms with van der Waals surface area (Å²) in [6.45, 7) is 3.97. The second-order valence-electron chi connectivity index (χ2n) is 8.45. The molecule has 1 heterocycles. The largest absolute Gasteiger partial charge is 0.381 e. The molecule has 0 aromatic heterocycles. The standard InChI is InChI=1S/C24H38N4O2/c1-25-24(26-15-8-17-30-18-14-20-9-4-2-5-10-20)27-22-13-16-28(19-22)23(29)21-11-6-3-7-12-21/h2,4-5,9-10,21-22H,3,6-8,11-19H2,1H3,(H2,25,26,27). The normalized spacial score (nSPS) is 20.4. The van der Waals surface area contributed by atoms with E-state index in [0.29, 0.717) is 5.91 Å². The number of benzene rings is 1. The molecule has 1 unspecified atom stereocenters. The van der Waals surface area contributed by atoms with Crippen LogP contribution in [0.3, 0.4) is 0 Å². The van der Waals surface area contributed by atoms with E-state index in [1.54, 1.807) is 7.05 Å². The molecule has 1 saturated carbocycles. The maximum absolute atomic E-state index is 12.7. The average Bonchev–Trinajstić information content (AvgIpc) is 3.27.